The summed E-state index contributed by atoms with van der Waals surface area (Å²) in [6.07, 6.45) is -3.15. The van der Waals surface area contributed by atoms with Crippen LogP contribution in [0, 0.1) is 3.57 Å². The second kappa shape index (κ2) is 11.9. The number of aromatic nitrogens is 2. The number of ether oxygens (including phenoxy) is 2. The molecule has 4 aromatic carbocycles. The van der Waals surface area contributed by atoms with Gasteiger partial charge in [-0.05, 0) is 70.6 Å². The lowest BCUT2D eigenvalue weighted by molar-refractivity contribution is -0.137. The molecule has 11 heteroatoms. The molecular formula is C30H20ClF3IN3O3. The summed E-state index contributed by atoms with van der Waals surface area (Å²) in [6.45, 7) is 0.220. The molecule has 41 heavy (non-hydrogen) atoms. The first-order valence-corrected chi connectivity index (χ1v) is 13.6. The van der Waals surface area contributed by atoms with Crippen molar-refractivity contribution in [3.63, 3.8) is 0 Å². The average Bonchev–Trinajstić information content (AvgIpc) is 2.96. The Morgan fingerprint density at radius 3 is 2.54 bits per heavy atom. The zero-order valence-electron chi connectivity index (χ0n) is 21.3. The van der Waals surface area contributed by atoms with Crippen molar-refractivity contribution >= 4 is 51.3 Å². The van der Waals surface area contributed by atoms with Gasteiger partial charge >= 0.3 is 6.18 Å². The molecule has 0 saturated carbocycles. The summed E-state index contributed by atoms with van der Waals surface area (Å²) < 4.78 is 53.6. The maximum absolute atomic E-state index is 13.5. The van der Waals surface area contributed by atoms with Crippen LogP contribution in [0.1, 0.15) is 16.7 Å². The number of methoxy groups -OCH3 is 1. The molecule has 0 atom stereocenters. The van der Waals surface area contributed by atoms with Crippen LogP contribution in [-0.2, 0) is 12.8 Å². The van der Waals surface area contributed by atoms with E-state index in [9.17, 15) is 18.0 Å². The molecule has 0 aliphatic carbocycles. The van der Waals surface area contributed by atoms with Crippen LogP contribution in [0.3, 0.4) is 0 Å². The highest BCUT2D eigenvalue weighted by Crippen LogP contribution is 2.35. The standard InChI is InChI=1S/C30H20ClF3IN3O3/c1-40-26-14-18(13-24(35)27(26)41-17-20-7-2-4-11-23(20)31)16-36-38-28(19-8-6-9-21(15-19)30(32,33)34)37-25-12-5-3-10-22(25)29(38)39/h2-16H,17H2,1H3. The summed E-state index contributed by atoms with van der Waals surface area (Å²) in [5, 5.41) is 5.22. The van der Waals surface area contributed by atoms with E-state index >= 15 is 0 Å². The van der Waals surface area contributed by atoms with Crippen molar-refractivity contribution in [2.45, 2.75) is 12.8 Å². The molecule has 5 aromatic rings. The fraction of sp³-hybridized carbons (Fsp3) is 0.100. The number of halogens is 5. The monoisotopic (exact) mass is 689 g/mol. The highest BCUT2D eigenvalue weighted by Gasteiger charge is 2.31. The van der Waals surface area contributed by atoms with Gasteiger partial charge in [-0.25, -0.2) is 4.98 Å². The number of hydrogen-bond acceptors (Lipinski definition) is 5. The van der Waals surface area contributed by atoms with E-state index in [4.69, 9.17) is 21.1 Å². The Kier molecular flexibility index (Phi) is 8.32. The minimum Gasteiger partial charge on any atom is -0.493 e. The van der Waals surface area contributed by atoms with E-state index in [0.29, 0.717) is 31.2 Å². The first-order chi connectivity index (χ1) is 19.7. The number of fused-ring (bicyclic) bond motifs is 1. The summed E-state index contributed by atoms with van der Waals surface area (Å²) >= 11 is 8.35. The molecule has 1 heterocycles. The van der Waals surface area contributed by atoms with Gasteiger partial charge in [-0.2, -0.15) is 22.9 Å². The van der Waals surface area contributed by atoms with Gasteiger partial charge in [-0.1, -0.05) is 54.1 Å². The lowest BCUT2D eigenvalue weighted by Crippen LogP contribution is -2.20. The molecule has 0 bridgehead atoms. The van der Waals surface area contributed by atoms with E-state index in [0.717, 1.165) is 22.4 Å². The molecule has 208 valence electrons. The number of rotatable bonds is 7. The SMILES string of the molecule is COc1cc(C=Nn2c(-c3cccc(C(F)(F)F)c3)nc3ccccc3c2=O)cc(I)c1OCc1ccccc1Cl. The number of para-hydroxylation sites is 1. The van der Waals surface area contributed by atoms with Crippen molar-refractivity contribution in [1.29, 1.82) is 0 Å². The number of hydrogen-bond donors (Lipinski definition) is 0. The second-order valence-corrected chi connectivity index (χ2v) is 10.4. The maximum atomic E-state index is 13.5. The Labute approximate surface area is 251 Å². The van der Waals surface area contributed by atoms with Crippen LogP contribution in [0.15, 0.2) is 94.8 Å². The summed E-state index contributed by atoms with van der Waals surface area (Å²) in [5.74, 6) is 0.893. The number of alkyl halides is 3. The molecular weight excluding hydrogens is 670 g/mol. The molecule has 0 aliphatic rings. The minimum atomic E-state index is -4.57. The van der Waals surface area contributed by atoms with E-state index in [1.165, 1.54) is 25.5 Å². The molecule has 0 unspecified atom stereocenters. The van der Waals surface area contributed by atoms with Gasteiger partial charge in [-0.15, -0.1) is 0 Å². The summed E-state index contributed by atoms with van der Waals surface area (Å²) in [6, 6.07) is 22.0. The van der Waals surface area contributed by atoms with Crippen LogP contribution >= 0.6 is 34.2 Å². The first kappa shape index (κ1) is 28.6. The molecule has 0 N–H and O–H groups in total. The molecule has 5 rings (SSSR count). The number of benzene rings is 4. The van der Waals surface area contributed by atoms with Crippen molar-refractivity contribution in [3.05, 3.63) is 121 Å². The maximum Gasteiger partial charge on any atom is 0.416 e. The molecule has 0 spiro atoms. The third-order valence-corrected chi connectivity index (χ3v) is 7.28. The molecule has 0 saturated heterocycles. The third kappa shape index (κ3) is 6.23. The summed E-state index contributed by atoms with van der Waals surface area (Å²) in [5.41, 5.74) is 0.414. The zero-order valence-corrected chi connectivity index (χ0v) is 24.2. The highest BCUT2D eigenvalue weighted by atomic mass is 127. The van der Waals surface area contributed by atoms with Crippen molar-refractivity contribution < 1.29 is 22.6 Å². The van der Waals surface area contributed by atoms with Gasteiger partial charge in [0.2, 0.25) is 0 Å². The molecule has 0 aliphatic heterocycles. The van der Waals surface area contributed by atoms with Gasteiger partial charge in [0, 0.05) is 16.1 Å². The minimum absolute atomic E-state index is 0.0302. The van der Waals surface area contributed by atoms with Crippen LogP contribution in [-0.4, -0.2) is 23.0 Å². The molecule has 1 aromatic heterocycles. The highest BCUT2D eigenvalue weighted by molar-refractivity contribution is 14.1. The van der Waals surface area contributed by atoms with Crippen LogP contribution in [0.5, 0.6) is 11.5 Å². The Morgan fingerprint density at radius 1 is 1.02 bits per heavy atom. The lowest BCUT2D eigenvalue weighted by atomic mass is 10.1. The van der Waals surface area contributed by atoms with Gasteiger partial charge in [-0.3, -0.25) is 4.79 Å². The average molecular weight is 690 g/mol. The fourth-order valence-electron chi connectivity index (χ4n) is 4.10. The van der Waals surface area contributed by atoms with E-state index in [1.807, 2.05) is 18.2 Å². The van der Waals surface area contributed by atoms with Crippen molar-refractivity contribution in [3.8, 4) is 22.9 Å². The van der Waals surface area contributed by atoms with Gasteiger partial charge < -0.3 is 9.47 Å². The summed E-state index contributed by atoms with van der Waals surface area (Å²) in [7, 11) is 1.50. The second-order valence-electron chi connectivity index (χ2n) is 8.81. The Morgan fingerprint density at radius 2 is 1.78 bits per heavy atom. The van der Waals surface area contributed by atoms with Crippen LogP contribution in [0.4, 0.5) is 13.2 Å². The van der Waals surface area contributed by atoms with Gasteiger partial charge in [0.25, 0.3) is 5.56 Å². The molecule has 6 nitrogen and oxygen atoms in total. The van der Waals surface area contributed by atoms with Gasteiger partial charge in [0.05, 0.1) is 33.4 Å². The topological polar surface area (TPSA) is 65.7 Å². The Bertz CT molecular complexity index is 1840. The fourth-order valence-corrected chi connectivity index (χ4v) is 5.07. The van der Waals surface area contributed by atoms with E-state index < -0.39 is 17.3 Å². The van der Waals surface area contributed by atoms with Crippen LogP contribution in [0.2, 0.25) is 5.02 Å². The van der Waals surface area contributed by atoms with Gasteiger partial charge in [0.15, 0.2) is 17.3 Å². The lowest BCUT2D eigenvalue weighted by Gasteiger charge is -2.14. The normalized spacial score (nSPS) is 11.8. The van der Waals surface area contributed by atoms with Crippen LogP contribution in [0.25, 0.3) is 22.3 Å². The van der Waals surface area contributed by atoms with E-state index in [2.05, 4.69) is 32.7 Å². The van der Waals surface area contributed by atoms with E-state index in [1.54, 1.807) is 42.5 Å². The quantitative estimate of drug-likeness (QED) is 0.129. The Balaban J connectivity index is 1.56. The largest absolute Gasteiger partial charge is 0.493 e. The molecule has 0 amide bonds. The third-order valence-electron chi connectivity index (χ3n) is 6.11. The predicted octanol–water partition coefficient (Wildman–Crippen LogP) is 7.81. The van der Waals surface area contributed by atoms with Crippen molar-refractivity contribution in [2.24, 2.45) is 5.10 Å². The smallest absolute Gasteiger partial charge is 0.416 e. The number of nitrogens with zero attached hydrogens (tertiary/aromatic N) is 3. The van der Waals surface area contributed by atoms with E-state index in [-0.39, 0.29) is 23.4 Å². The van der Waals surface area contributed by atoms with Crippen molar-refractivity contribution in [1.82, 2.24) is 9.66 Å². The zero-order chi connectivity index (χ0) is 29.1. The van der Waals surface area contributed by atoms with Gasteiger partial charge in [0.1, 0.15) is 6.61 Å². The Hall–Kier alpha value is -3.90. The molecule has 0 fully saturated rings. The first-order valence-electron chi connectivity index (χ1n) is 12.1. The van der Waals surface area contributed by atoms with Crippen molar-refractivity contribution in [2.75, 3.05) is 7.11 Å². The van der Waals surface area contributed by atoms with Crippen LogP contribution < -0.4 is 15.0 Å². The molecule has 0 radical (unpaired) electrons. The summed E-state index contributed by atoms with van der Waals surface area (Å²) in [4.78, 5) is 17.9. The predicted molar refractivity (Wildman–Crippen MR) is 161 cm³/mol.